The Morgan fingerprint density at radius 1 is 1.36 bits per heavy atom. The molecule has 1 atom stereocenters. The fraction of sp³-hybridized carbons (Fsp3) is 0.333. The lowest BCUT2D eigenvalue weighted by molar-refractivity contribution is -0.228. The van der Waals surface area contributed by atoms with Gasteiger partial charge in [0.25, 0.3) is 0 Å². The second-order valence-electron chi connectivity index (χ2n) is 2.72. The summed E-state index contributed by atoms with van der Waals surface area (Å²) in [5, 5.41) is 9.26. The highest BCUT2D eigenvalue weighted by atomic mass is 35.5. The molecule has 0 heterocycles. The Morgan fingerprint density at radius 3 is 2.29 bits per heavy atom. The Kier molecular flexibility index (Phi) is 3.42. The van der Waals surface area contributed by atoms with Crippen molar-refractivity contribution in [2.75, 3.05) is 7.11 Å². The number of hydrogen-bond acceptors (Lipinski definition) is 2. The van der Waals surface area contributed by atoms with Crippen LogP contribution in [-0.4, -0.2) is 18.5 Å². The first-order valence-corrected chi connectivity index (χ1v) is 4.21. The molecule has 0 spiro atoms. The molecule has 0 aliphatic rings. The molecular formula is C9H9ClF2O2. The predicted octanol–water partition coefficient (Wildman–Crippen LogP) is 2.40. The highest BCUT2D eigenvalue weighted by Crippen LogP contribution is 2.32. The van der Waals surface area contributed by atoms with Crippen molar-refractivity contribution in [2.24, 2.45) is 0 Å². The average molecular weight is 223 g/mol. The number of alkyl halides is 2. The molecule has 0 saturated carbocycles. The third-order valence-electron chi connectivity index (χ3n) is 1.76. The third kappa shape index (κ3) is 2.20. The molecule has 1 rings (SSSR count). The van der Waals surface area contributed by atoms with Gasteiger partial charge in [-0.05, 0) is 12.1 Å². The lowest BCUT2D eigenvalue weighted by Gasteiger charge is -2.21. The summed E-state index contributed by atoms with van der Waals surface area (Å²) in [6.45, 7) is 0. The maximum absolute atomic E-state index is 13.3. The van der Waals surface area contributed by atoms with Crippen molar-refractivity contribution in [1.29, 1.82) is 0 Å². The molecule has 0 bridgehead atoms. The van der Waals surface area contributed by atoms with Crippen LogP contribution in [-0.2, 0) is 10.7 Å². The van der Waals surface area contributed by atoms with E-state index in [0.29, 0.717) is 5.02 Å². The molecule has 2 nitrogen and oxygen atoms in total. The van der Waals surface area contributed by atoms with Gasteiger partial charge in [0.1, 0.15) is 0 Å². The molecule has 1 aromatic carbocycles. The van der Waals surface area contributed by atoms with Crippen LogP contribution in [0.4, 0.5) is 8.78 Å². The largest absolute Gasteiger partial charge is 0.363 e. The molecule has 14 heavy (non-hydrogen) atoms. The van der Waals surface area contributed by atoms with Crippen LogP contribution in [0.3, 0.4) is 0 Å². The monoisotopic (exact) mass is 222 g/mol. The van der Waals surface area contributed by atoms with Crippen LogP contribution in [0.5, 0.6) is 0 Å². The number of ether oxygens (including phenoxy) is 1. The van der Waals surface area contributed by atoms with Gasteiger partial charge in [0.05, 0.1) is 0 Å². The van der Waals surface area contributed by atoms with E-state index < -0.39 is 12.2 Å². The lowest BCUT2D eigenvalue weighted by Crippen LogP contribution is -2.32. The standard InChI is InChI=1S/C9H9ClF2O2/c1-14-8(13)9(11,12)6-2-4-7(10)5-3-6/h2-5,8,13H,1H3. The van der Waals surface area contributed by atoms with Gasteiger partial charge in [-0.25, -0.2) is 0 Å². The minimum absolute atomic E-state index is 0.337. The fourth-order valence-corrected chi connectivity index (χ4v) is 1.09. The lowest BCUT2D eigenvalue weighted by atomic mass is 10.1. The molecule has 0 radical (unpaired) electrons. The maximum Gasteiger partial charge on any atom is 0.322 e. The number of methoxy groups -OCH3 is 1. The highest BCUT2D eigenvalue weighted by molar-refractivity contribution is 6.30. The first-order chi connectivity index (χ1) is 6.48. The normalized spacial score (nSPS) is 14.1. The van der Waals surface area contributed by atoms with Gasteiger partial charge < -0.3 is 9.84 Å². The average Bonchev–Trinajstić information content (AvgIpc) is 2.17. The summed E-state index contributed by atoms with van der Waals surface area (Å²) in [5.41, 5.74) is -0.337. The zero-order valence-corrected chi connectivity index (χ0v) is 8.13. The number of halogens is 3. The van der Waals surface area contributed by atoms with Crippen molar-refractivity contribution in [2.45, 2.75) is 12.2 Å². The van der Waals surface area contributed by atoms with Crippen LogP contribution in [0.1, 0.15) is 5.56 Å². The van der Waals surface area contributed by atoms with Crippen molar-refractivity contribution in [3.8, 4) is 0 Å². The summed E-state index contributed by atoms with van der Waals surface area (Å²) in [6, 6.07) is 4.94. The summed E-state index contributed by atoms with van der Waals surface area (Å²) < 4.78 is 30.7. The summed E-state index contributed by atoms with van der Waals surface area (Å²) >= 11 is 5.54. The number of benzene rings is 1. The summed E-state index contributed by atoms with van der Waals surface area (Å²) in [5.74, 6) is -3.43. The molecule has 0 amide bonds. The van der Waals surface area contributed by atoms with Crippen LogP contribution in [0, 0.1) is 0 Å². The van der Waals surface area contributed by atoms with Gasteiger partial charge in [0.15, 0.2) is 0 Å². The minimum Gasteiger partial charge on any atom is -0.363 e. The molecule has 0 aliphatic carbocycles. The van der Waals surface area contributed by atoms with Gasteiger partial charge in [-0.2, -0.15) is 8.78 Å². The Balaban J connectivity index is 2.97. The quantitative estimate of drug-likeness (QED) is 0.796. The molecule has 0 aromatic heterocycles. The van der Waals surface area contributed by atoms with E-state index >= 15 is 0 Å². The van der Waals surface area contributed by atoms with Gasteiger partial charge >= 0.3 is 5.92 Å². The minimum atomic E-state index is -3.43. The van der Waals surface area contributed by atoms with E-state index in [4.69, 9.17) is 16.7 Å². The number of aliphatic hydroxyl groups is 1. The smallest absolute Gasteiger partial charge is 0.322 e. The van der Waals surface area contributed by atoms with Crippen LogP contribution >= 0.6 is 11.6 Å². The zero-order chi connectivity index (χ0) is 10.8. The molecule has 0 aliphatic heterocycles. The second-order valence-corrected chi connectivity index (χ2v) is 3.15. The number of hydrogen-bond donors (Lipinski definition) is 1. The predicted molar refractivity (Wildman–Crippen MR) is 48.4 cm³/mol. The van der Waals surface area contributed by atoms with Gasteiger partial charge in [-0.3, -0.25) is 0 Å². The van der Waals surface area contributed by atoms with E-state index in [1.54, 1.807) is 0 Å². The SMILES string of the molecule is COC(O)C(F)(F)c1ccc(Cl)cc1. The number of rotatable bonds is 3. The van der Waals surface area contributed by atoms with Gasteiger partial charge in [0, 0.05) is 17.7 Å². The molecule has 1 N–H and O–H groups in total. The third-order valence-corrected chi connectivity index (χ3v) is 2.01. The van der Waals surface area contributed by atoms with Gasteiger partial charge in [-0.15, -0.1) is 0 Å². The van der Waals surface area contributed by atoms with Crippen LogP contribution in [0.15, 0.2) is 24.3 Å². The van der Waals surface area contributed by atoms with Crippen LogP contribution in [0.2, 0.25) is 5.02 Å². The molecular weight excluding hydrogens is 214 g/mol. The molecule has 0 fully saturated rings. The molecule has 1 unspecified atom stereocenters. The fourth-order valence-electron chi connectivity index (χ4n) is 0.963. The van der Waals surface area contributed by atoms with Crippen molar-refractivity contribution >= 4 is 11.6 Å². The van der Waals surface area contributed by atoms with E-state index in [0.717, 1.165) is 19.2 Å². The second kappa shape index (κ2) is 4.21. The van der Waals surface area contributed by atoms with Crippen LogP contribution in [0.25, 0.3) is 0 Å². The first kappa shape index (κ1) is 11.4. The Bertz CT molecular complexity index is 300. The van der Waals surface area contributed by atoms with Crippen molar-refractivity contribution in [3.63, 3.8) is 0 Å². The van der Waals surface area contributed by atoms with E-state index in [1.807, 2.05) is 0 Å². The topological polar surface area (TPSA) is 29.5 Å². The molecule has 5 heteroatoms. The maximum atomic E-state index is 13.3. The Labute approximate surface area is 85.1 Å². The molecule has 78 valence electrons. The van der Waals surface area contributed by atoms with E-state index in [2.05, 4.69) is 4.74 Å². The summed E-state index contributed by atoms with van der Waals surface area (Å²) in [4.78, 5) is 0. The van der Waals surface area contributed by atoms with Crippen molar-refractivity contribution in [1.82, 2.24) is 0 Å². The van der Waals surface area contributed by atoms with E-state index in [-0.39, 0.29) is 5.56 Å². The first-order valence-electron chi connectivity index (χ1n) is 3.83. The highest BCUT2D eigenvalue weighted by Gasteiger charge is 2.40. The summed E-state index contributed by atoms with van der Waals surface area (Å²) in [7, 11) is 1.01. The Morgan fingerprint density at radius 2 is 1.86 bits per heavy atom. The number of aliphatic hydroxyl groups excluding tert-OH is 1. The van der Waals surface area contributed by atoms with Crippen LogP contribution < -0.4 is 0 Å². The van der Waals surface area contributed by atoms with Gasteiger partial charge in [0.2, 0.25) is 6.29 Å². The molecule has 1 aromatic rings. The molecule has 0 saturated heterocycles. The Hall–Kier alpha value is -0.710. The van der Waals surface area contributed by atoms with Crippen molar-refractivity contribution in [3.05, 3.63) is 34.9 Å². The van der Waals surface area contributed by atoms with Crippen molar-refractivity contribution < 1.29 is 18.6 Å². The van der Waals surface area contributed by atoms with Gasteiger partial charge in [-0.1, -0.05) is 23.7 Å². The summed E-state index contributed by atoms with van der Waals surface area (Å²) in [6.07, 6.45) is -2.15. The van der Waals surface area contributed by atoms with E-state index in [9.17, 15) is 8.78 Å². The van der Waals surface area contributed by atoms with E-state index in [1.165, 1.54) is 12.1 Å². The zero-order valence-electron chi connectivity index (χ0n) is 7.38.